The summed E-state index contributed by atoms with van der Waals surface area (Å²) in [5, 5.41) is 15.2. The predicted molar refractivity (Wildman–Crippen MR) is 70.0 cm³/mol. The Labute approximate surface area is 116 Å². The van der Waals surface area contributed by atoms with Gasteiger partial charge in [-0.05, 0) is 25.7 Å². The monoisotopic (exact) mass is 281 g/mol. The Kier molecular flexibility index (Phi) is 4.60. The number of carbonyl (C=O) groups is 2. The van der Waals surface area contributed by atoms with Crippen LogP contribution in [0, 0.1) is 12.8 Å². The number of carboxylic acid groups (broad SMARTS) is 1. The Hall–Kier alpha value is -2.05. The van der Waals surface area contributed by atoms with Crippen LogP contribution in [-0.4, -0.2) is 40.3 Å². The van der Waals surface area contributed by atoms with Crippen LogP contribution in [0.2, 0.25) is 0 Å². The number of hydrogen-bond acceptors (Lipinski definition) is 4. The van der Waals surface area contributed by atoms with Gasteiger partial charge in [-0.1, -0.05) is 5.16 Å². The fourth-order valence-electron chi connectivity index (χ4n) is 2.36. The molecule has 0 aromatic carbocycles. The molecule has 0 bridgehead atoms. The third-order valence-electron chi connectivity index (χ3n) is 3.44. The second kappa shape index (κ2) is 6.40. The van der Waals surface area contributed by atoms with E-state index in [-0.39, 0.29) is 18.4 Å². The predicted octanol–water partition coefficient (Wildman–Crippen LogP) is 1.38. The SMILES string of the molecule is Cc1cc(CNC(=O)N2CCC(CCC(=O)O)C2)no1. The van der Waals surface area contributed by atoms with E-state index in [0.29, 0.717) is 37.5 Å². The van der Waals surface area contributed by atoms with Gasteiger partial charge in [0.15, 0.2) is 0 Å². The van der Waals surface area contributed by atoms with E-state index in [1.165, 1.54) is 0 Å². The molecule has 1 aromatic rings. The molecule has 7 heteroatoms. The number of carboxylic acids is 1. The lowest BCUT2D eigenvalue weighted by Crippen LogP contribution is -2.38. The van der Waals surface area contributed by atoms with Gasteiger partial charge in [-0.25, -0.2) is 4.79 Å². The number of aryl methyl sites for hydroxylation is 1. The van der Waals surface area contributed by atoms with E-state index in [4.69, 9.17) is 9.63 Å². The minimum atomic E-state index is -0.783. The highest BCUT2D eigenvalue weighted by atomic mass is 16.5. The van der Waals surface area contributed by atoms with Crippen molar-refractivity contribution in [3.63, 3.8) is 0 Å². The minimum absolute atomic E-state index is 0.136. The Morgan fingerprint density at radius 2 is 2.40 bits per heavy atom. The summed E-state index contributed by atoms with van der Waals surface area (Å²) in [6.45, 7) is 3.43. The van der Waals surface area contributed by atoms with Gasteiger partial charge in [0.2, 0.25) is 0 Å². The largest absolute Gasteiger partial charge is 0.481 e. The molecule has 2 amide bonds. The van der Waals surface area contributed by atoms with Gasteiger partial charge in [0.25, 0.3) is 0 Å². The third kappa shape index (κ3) is 3.97. The summed E-state index contributed by atoms with van der Waals surface area (Å²) < 4.78 is 4.92. The van der Waals surface area contributed by atoms with E-state index >= 15 is 0 Å². The summed E-state index contributed by atoms with van der Waals surface area (Å²) in [6.07, 6.45) is 1.66. The van der Waals surface area contributed by atoms with E-state index in [1.54, 1.807) is 17.9 Å². The first-order valence-electron chi connectivity index (χ1n) is 6.71. The van der Waals surface area contributed by atoms with Crippen LogP contribution in [0.25, 0.3) is 0 Å². The molecule has 0 spiro atoms. The van der Waals surface area contributed by atoms with E-state index < -0.39 is 5.97 Å². The number of nitrogens with one attached hydrogen (secondary N) is 1. The van der Waals surface area contributed by atoms with Crippen LogP contribution in [-0.2, 0) is 11.3 Å². The van der Waals surface area contributed by atoms with Crippen LogP contribution >= 0.6 is 0 Å². The van der Waals surface area contributed by atoms with Crippen LogP contribution in [0.15, 0.2) is 10.6 Å². The molecule has 7 nitrogen and oxygen atoms in total. The zero-order valence-electron chi connectivity index (χ0n) is 11.5. The molecule has 2 rings (SSSR count). The lowest BCUT2D eigenvalue weighted by atomic mass is 10.0. The molecular formula is C13H19N3O4. The van der Waals surface area contributed by atoms with Crippen LogP contribution in [0.4, 0.5) is 4.79 Å². The van der Waals surface area contributed by atoms with Gasteiger partial charge in [0, 0.05) is 25.6 Å². The Bertz CT molecular complexity index is 486. The maximum atomic E-state index is 11.9. The van der Waals surface area contributed by atoms with Crippen molar-refractivity contribution in [1.82, 2.24) is 15.4 Å². The smallest absolute Gasteiger partial charge is 0.317 e. The highest BCUT2D eigenvalue weighted by Crippen LogP contribution is 2.20. The lowest BCUT2D eigenvalue weighted by molar-refractivity contribution is -0.137. The highest BCUT2D eigenvalue weighted by Gasteiger charge is 2.26. The summed E-state index contributed by atoms with van der Waals surface area (Å²) in [6, 6.07) is 1.64. The summed E-state index contributed by atoms with van der Waals surface area (Å²) >= 11 is 0. The van der Waals surface area contributed by atoms with Crippen molar-refractivity contribution in [2.24, 2.45) is 5.92 Å². The van der Waals surface area contributed by atoms with Gasteiger partial charge < -0.3 is 19.8 Å². The van der Waals surface area contributed by atoms with Crippen molar-refractivity contribution < 1.29 is 19.2 Å². The van der Waals surface area contributed by atoms with Crippen LogP contribution < -0.4 is 5.32 Å². The van der Waals surface area contributed by atoms with E-state index in [2.05, 4.69) is 10.5 Å². The zero-order valence-corrected chi connectivity index (χ0v) is 11.5. The van der Waals surface area contributed by atoms with Gasteiger partial charge >= 0.3 is 12.0 Å². The summed E-state index contributed by atoms with van der Waals surface area (Å²) in [5.41, 5.74) is 0.692. The van der Waals surface area contributed by atoms with Gasteiger partial charge in [0.1, 0.15) is 11.5 Å². The molecule has 1 aliphatic heterocycles. The molecule has 0 saturated carbocycles. The van der Waals surface area contributed by atoms with Crippen LogP contribution in [0.1, 0.15) is 30.7 Å². The molecule has 2 N–H and O–H groups in total. The van der Waals surface area contributed by atoms with Crippen molar-refractivity contribution in [3.8, 4) is 0 Å². The molecule has 0 radical (unpaired) electrons. The lowest BCUT2D eigenvalue weighted by Gasteiger charge is -2.16. The standard InChI is InChI=1S/C13H19N3O4/c1-9-6-11(15-20-9)7-14-13(19)16-5-4-10(8-16)2-3-12(17)18/h6,10H,2-5,7-8H2,1H3,(H,14,19)(H,17,18). The number of aromatic nitrogens is 1. The van der Waals surface area contributed by atoms with E-state index in [9.17, 15) is 9.59 Å². The average Bonchev–Trinajstić information content (AvgIpc) is 3.02. The second-order valence-corrected chi connectivity index (χ2v) is 5.12. The van der Waals surface area contributed by atoms with Crippen molar-refractivity contribution in [2.45, 2.75) is 32.7 Å². The molecule has 2 heterocycles. The number of likely N-dealkylation sites (tertiary alicyclic amines) is 1. The van der Waals surface area contributed by atoms with Crippen molar-refractivity contribution in [1.29, 1.82) is 0 Å². The number of nitrogens with zero attached hydrogens (tertiary/aromatic N) is 2. The second-order valence-electron chi connectivity index (χ2n) is 5.12. The normalized spacial score (nSPS) is 18.2. The Balaban J connectivity index is 1.72. The molecule has 1 unspecified atom stereocenters. The minimum Gasteiger partial charge on any atom is -0.481 e. The zero-order chi connectivity index (χ0) is 14.5. The fourth-order valence-corrected chi connectivity index (χ4v) is 2.36. The molecule has 1 aromatic heterocycles. The molecule has 1 atom stereocenters. The molecular weight excluding hydrogens is 262 g/mol. The maximum absolute atomic E-state index is 11.9. The first kappa shape index (κ1) is 14.4. The van der Waals surface area contributed by atoms with Gasteiger partial charge in [-0.3, -0.25) is 4.79 Å². The highest BCUT2D eigenvalue weighted by molar-refractivity contribution is 5.74. The topological polar surface area (TPSA) is 95.7 Å². The number of carbonyl (C=O) groups excluding carboxylic acids is 1. The Morgan fingerprint density at radius 3 is 3.05 bits per heavy atom. The van der Waals surface area contributed by atoms with Crippen molar-refractivity contribution in [2.75, 3.05) is 13.1 Å². The Morgan fingerprint density at radius 1 is 1.60 bits per heavy atom. The van der Waals surface area contributed by atoms with E-state index in [0.717, 1.165) is 6.42 Å². The van der Waals surface area contributed by atoms with Gasteiger partial charge in [-0.2, -0.15) is 0 Å². The van der Waals surface area contributed by atoms with E-state index in [1.807, 2.05) is 0 Å². The molecule has 1 aliphatic rings. The fraction of sp³-hybridized carbons (Fsp3) is 0.615. The number of rotatable bonds is 5. The molecule has 20 heavy (non-hydrogen) atoms. The average molecular weight is 281 g/mol. The summed E-state index contributed by atoms with van der Waals surface area (Å²) in [5.74, 6) is 0.213. The number of amides is 2. The number of urea groups is 1. The molecule has 110 valence electrons. The molecule has 1 fully saturated rings. The van der Waals surface area contributed by atoms with Gasteiger partial charge in [-0.15, -0.1) is 0 Å². The van der Waals surface area contributed by atoms with Gasteiger partial charge in [0.05, 0.1) is 6.54 Å². The molecule has 0 aliphatic carbocycles. The van der Waals surface area contributed by atoms with Crippen molar-refractivity contribution in [3.05, 3.63) is 17.5 Å². The first-order chi connectivity index (χ1) is 9.54. The summed E-state index contributed by atoms with van der Waals surface area (Å²) in [7, 11) is 0. The van der Waals surface area contributed by atoms with Crippen LogP contribution in [0.5, 0.6) is 0 Å². The molecule has 1 saturated heterocycles. The quantitative estimate of drug-likeness (QED) is 0.850. The first-order valence-corrected chi connectivity index (χ1v) is 6.71. The third-order valence-corrected chi connectivity index (χ3v) is 3.44. The van der Waals surface area contributed by atoms with Crippen molar-refractivity contribution >= 4 is 12.0 Å². The number of aliphatic carboxylic acids is 1. The summed E-state index contributed by atoms with van der Waals surface area (Å²) in [4.78, 5) is 24.2. The van der Waals surface area contributed by atoms with Crippen LogP contribution in [0.3, 0.4) is 0 Å². The number of hydrogen-bond donors (Lipinski definition) is 2. The maximum Gasteiger partial charge on any atom is 0.317 e.